The molecule has 0 saturated carbocycles. The monoisotopic (exact) mass is 366 g/mol. The Kier molecular flexibility index (Phi) is 5.36. The second kappa shape index (κ2) is 7.69. The van der Waals surface area contributed by atoms with Crippen LogP contribution in [-0.2, 0) is 7.05 Å². The largest absolute Gasteiger partial charge is 0.493 e. The molecular formula is C17H20F2N4O3. The number of alkyl halides is 2. The molecule has 1 aliphatic rings. The smallest absolute Gasteiger partial charge is 0.387 e. The van der Waals surface area contributed by atoms with Gasteiger partial charge in [0.2, 0.25) is 0 Å². The number of ether oxygens (including phenoxy) is 2. The molecule has 3 rings (SSSR count). The first-order chi connectivity index (χ1) is 12.5. The number of rotatable bonds is 5. The van der Waals surface area contributed by atoms with Crippen LogP contribution in [0.4, 0.5) is 8.78 Å². The molecule has 1 fully saturated rings. The Balaban J connectivity index is 1.88. The van der Waals surface area contributed by atoms with Gasteiger partial charge in [0.1, 0.15) is 11.9 Å². The lowest BCUT2D eigenvalue weighted by atomic mass is 10.1. The maximum atomic E-state index is 13.0. The van der Waals surface area contributed by atoms with E-state index in [0.29, 0.717) is 25.2 Å². The summed E-state index contributed by atoms with van der Waals surface area (Å²) in [6.45, 7) is -1.21. The Hall–Kier alpha value is -2.68. The van der Waals surface area contributed by atoms with Gasteiger partial charge in [0.25, 0.3) is 5.91 Å². The number of nitrogens with one attached hydrogen (secondary N) is 1. The van der Waals surface area contributed by atoms with Crippen molar-refractivity contribution in [1.82, 2.24) is 19.8 Å². The van der Waals surface area contributed by atoms with E-state index in [1.807, 2.05) is 17.8 Å². The molecule has 0 radical (unpaired) electrons. The molecule has 0 aliphatic carbocycles. The number of imidazole rings is 1. The molecule has 1 saturated heterocycles. The van der Waals surface area contributed by atoms with Crippen molar-refractivity contribution in [3.8, 4) is 11.5 Å². The molecule has 1 aromatic heterocycles. The van der Waals surface area contributed by atoms with Crippen LogP contribution in [0, 0.1) is 0 Å². The molecule has 26 heavy (non-hydrogen) atoms. The Labute approximate surface area is 149 Å². The van der Waals surface area contributed by atoms with Gasteiger partial charge in [0.05, 0.1) is 7.11 Å². The molecule has 1 atom stereocenters. The molecule has 2 heterocycles. The Morgan fingerprint density at radius 1 is 1.38 bits per heavy atom. The number of methoxy groups -OCH3 is 1. The Morgan fingerprint density at radius 3 is 2.85 bits per heavy atom. The first-order valence-corrected chi connectivity index (χ1v) is 8.13. The van der Waals surface area contributed by atoms with Gasteiger partial charge in [0.15, 0.2) is 11.5 Å². The van der Waals surface area contributed by atoms with Gasteiger partial charge in [-0.1, -0.05) is 0 Å². The highest BCUT2D eigenvalue weighted by Crippen LogP contribution is 2.31. The number of carbonyl (C=O) groups is 1. The van der Waals surface area contributed by atoms with E-state index >= 15 is 0 Å². The first kappa shape index (κ1) is 18.1. The van der Waals surface area contributed by atoms with E-state index < -0.39 is 6.61 Å². The Morgan fingerprint density at radius 2 is 2.19 bits per heavy atom. The van der Waals surface area contributed by atoms with E-state index in [4.69, 9.17) is 4.74 Å². The predicted molar refractivity (Wildman–Crippen MR) is 89.5 cm³/mol. The summed E-state index contributed by atoms with van der Waals surface area (Å²) in [6, 6.07) is 3.97. The van der Waals surface area contributed by atoms with Gasteiger partial charge in [-0.3, -0.25) is 4.79 Å². The highest BCUT2D eigenvalue weighted by Gasteiger charge is 2.31. The summed E-state index contributed by atoms with van der Waals surface area (Å²) in [4.78, 5) is 19.1. The van der Waals surface area contributed by atoms with Crippen LogP contribution in [0.15, 0.2) is 30.6 Å². The summed E-state index contributed by atoms with van der Waals surface area (Å²) >= 11 is 0. The summed E-state index contributed by atoms with van der Waals surface area (Å²) in [5.74, 6) is 0.524. The van der Waals surface area contributed by atoms with Crippen LogP contribution in [0.2, 0.25) is 0 Å². The third-order valence-electron chi connectivity index (χ3n) is 4.29. The predicted octanol–water partition coefficient (Wildman–Crippen LogP) is 1.82. The fourth-order valence-corrected chi connectivity index (χ4v) is 3.04. The molecule has 1 amide bonds. The quantitative estimate of drug-likeness (QED) is 0.874. The zero-order valence-corrected chi connectivity index (χ0v) is 14.5. The third kappa shape index (κ3) is 3.62. The van der Waals surface area contributed by atoms with E-state index in [0.717, 1.165) is 5.82 Å². The van der Waals surface area contributed by atoms with Crippen molar-refractivity contribution in [2.24, 2.45) is 7.05 Å². The fourth-order valence-electron chi connectivity index (χ4n) is 3.04. The number of amides is 1. The average molecular weight is 366 g/mol. The van der Waals surface area contributed by atoms with Crippen molar-refractivity contribution in [3.05, 3.63) is 42.0 Å². The molecular weight excluding hydrogens is 346 g/mol. The lowest BCUT2D eigenvalue weighted by Gasteiger charge is -2.35. The molecule has 9 heteroatoms. The van der Waals surface area contributed by atoms with Crippen molar-refractivity contribution in [2.75, 3.05) is 26.7 Å². The second-order valence-electron chi connectivity index (χ2n) is 5.86. The highest BCUT2D eigenvalue weighted by atomic mass is 19.3. The number of halogens is 2. The van der Waals surface area contributed by atoms with Crippen molar-refractivity contribution < 1.29 is 23.0 Å². The maximum Gasteiger partial charge on any atom is 0.387 e. The minimum absolute atomic E-state index is 0.0832. The van der Waals surface area contributed by atoms with E-state index in [2.05, 4.69) is 15.0 Å². The van der Waals surface area contributed by atoms with Gasteiger partial charge in [-0.05, 0) is 18.2 Å². The van der Waals surface area contributed by atoms with Gasteiger partial charge in [-0.15, -0.1) is 0 Å². The summed E-state index contributed by atoms with van der Waals surface area (Å²) in [6.07, 6.45) is 3.51. The number of carbonyl (C=O) groups excluding carboxylic acids is 1. The maximum absolute atomic E-state index is 13.0. The van der Waals surface area contributed by atoms with Crippen LogP contribution in [0.1, 0.15) is 22.2 Å². The van der Waals surface area contributed by atoms with Gasteiger partial charge in [-0.25, -0.2) is 4.98 Å². The van der Waals surface area contributed by atoms with Crippen LogP contribution in [0.25, 0.3) is 0 Å². The van der Waals surface area contributed by atoms with Crippen molar-refractivity contribution in [2.45, 2.75) is 12.7 Å². The number of hydrogen-bond acceptors (Lipinski definition) is 5. The summed E-state index contributed by atoms with van der Waals surface area (Å²) in [7, 11) is 3.21. The number of benzene rings is 1. The van der Waals surface area contributed by atoms with Gasteiger partial charge < -0.3 is 24.3 Å². The van der Waals surface area contributed by atoms with Crippen LogP contribution in [0.3, 0.4) is 0 Å². The molecule has 0 bridgehead atoms. The normalized spacial score (nSPS) is 17.4. The Bertz CT molecular complexity index is 781. The molecule has 1 unspecified atom stereocenters. The number of nitrogens with zero attached hydrogens (tertiary/aromatic N) is 3. The van der Waals surface area contributed by atoms with Gasteiger partial charge in [0, 0.05) is 44.6 Å². The number of piperazine rings is 1. The van der Waals surface area contributed by atoms with E-state index in [-0.39, 0.29) is 23.4 Å². The van der Waals surface area contributed by atoms with E-state index in [1.54, 1.807) is 11.1 Å². The summed E-state index contributed by atoms with van der Waals surface area (Å²) in [5.41, 5.74) is 0.338. The third-order valence-corrected chi connectivity index (χ3v) is 4.29. The minimum Gasteiger partial charge on any atom is -0.493 e. The van der Waals surface area contributed by atoms with Crippen LogP contribution in [0.5, 0.6) is 11.5 Å². The molecule has 2 aromatic rings. The molecule has 140 valence electrons. The number of aryl methyl sites for hydroxylation is 1. The topological polar surface area (TPSA) is 68.6 Å². The zero-order valence-electron chi connectivity index (χ0n) is 14.5. The van der Waals surface area contributed by atoms with Crippen molar-refractivity contribution in [1.29, 1.82) is 0 Å². The molecule has 0 spiro atoms. The molecule has 7 nitrogen and oxygen atoms in total. The first-order valence-electron chi connectivity index (χ1n) is 8.13. The standard InChI is InChI=1S/C17H20F2N4O3/c1-22-7-6-21-15(22)12-10-20-5-8-23(12)16(24)11-3-4-13(26-17(18)19)14(9-11)25-2/h3-4,6-7,9,12,17,20H,5,8,10H2,1-2H3. The molecule has 1 aromatic carbocycles. The van der Waals surface area contributed by atoms with E-state index in [1.165, 1.54) is 25.3 Å². The minimum atomic E-state index is -2.97. The number of hydrogen-bond donors (Lipinski definition) is 1. The SMILES string of the molecule is COc1cc(C(=O)N2CCNCC2c2nccn2C)ccc1OC(F)F. The highest BCUT2D eigenvalue weighted by molar-refractivity contribution is 5.95. The lowest BCUT2D eigenvalue weighted by Crippen LogP contribution is -2.49. The van der Waals surface area contributed by atoms with Crippen LogP contribution < -0.4 is 14.8 Å². The summed E-state index contributed by atoms with van der Waals surface area (Å²) < 4.78 is 36.3. The van der Waals surface area contributed by atoms with Gasteiger partial charge >= 0.3 is 6.61 Å². The van der Waals surface area contributed by atoms with Gasteiger partial charge in [-0.2, -0.15) is 8.78 Å². The second-order valence-corrected chi connectivity index (χ2v) is 5.86. The van der Waals surface area contributed by atoms with E-state index in [9.17, 15) is 13.6 Å². The lowest BCUT2D eigenvalue weighted by molar-refractivity contribution is -0.0512. The molecule has 1 aliphatic heterocycles. The average Bonchev–Trinajstić information content (AvgIpc) is 3.07. The fraction of sp³-hybridized carbons (Fsp3) is 0.412. The van der Waals surface area contributed by atoms with Crippen LogP contribution in [-0.4, -0.2) is 53.7 Å². The van der Waals surface area contributed by atoms with Crippen molar-refractivity contribution in [3.63, 3.8) is 0 Å². The zero-order chi connectivity index (χ0) is 18.7. The van der Waals surface area contributed by atoms with Crippen molar-refractivity contribution >= 4 is 5.91 Å². The number of aromatic nitrogens is 2. The van der Waals surface area contributed by atoms with Crippen LogP contribution >= 0.6 is 0 Å². The summed E-state index contributed by atoms with van der Waals surface area (Å²) in [5, 5.41) is 3.26. The molecule has 1 N–H and O–H groups in total.